The Labute approximate surface area is 223 Å². The van der Waals surface area contributed by atoms with Crippen LogP contribution in [0.5, 0.6) is 0 Å². The zero-order valence-electron chi connectivity index (χ0n) is 23.0. The van der Waals surface area contributed by atoms with E-state index in [0.29, 0.717) is 35.4 Å². The van der Waals surface area contributed by atoms with Gasteiger partial charge >= 0.3 is 5.97 Å². The molecule has 38 heavy (non-hydrogen) atoms. The number of ketones is 1. The zero-order chi connectivity index (χ0) is 27.0. The van der Waals surface area contributed by atoms with Crippen LogP contribution in [0.2, 0.25) is 0 Å². The van der Waals surface area contributed by atoms with Gasteiger partial charge < -0.3 is 14.2 Å². The van der Waals surface area contributed by atoms with E-state index in [9.17, 15) is 9.59 Å². The molecule has 0 amide bonds. The predicted molar refractivity (Wildman–Crippen MR) is 142 cm³/mol. The molecule has 2 heterocycles. The molecule has 3 aliphatic carbocycles. The van der Waals surface area contributed by atoms with Gasteiger partial charge in [-0.3, -0.25) is 4.79 Å². The number of ether oxygens (including phenoxy) is 3. The summed E-state index contributed by atoms with van der Waals surface area (Å²) in [6, 6.07) is 7.36. The molecule has 7 heteroatoms. The Kier molecular flexibility index (Phi) is 5.71. The van der Waals surface area contributed by atoms with Crippen LogP contribution in [0.25, 0.3) is 10.9 Å². The zero-order valence-corrected chi connectivity index (χ0v) is 23.0. The highest BCUT2D eigenvalue weighted by molar-refractivity contribution is 6.03. The van der Waals surface area contributed by atoms with Gasteiger partial charge in [-0.05, 0) is 69.4 Å². The summed E-state index contributed by atoms with van der Waals surface area (Å²) >= 11 is 0. The van der Waals surface area contributed by atoms with E-state index in [1.54, 1.807) is 0 Å². The van der Waals surface area contributed by atoms with Crippen LogP contribution in [0.3, 0.4) is 0 Å². The van der Waals surface area contributed by atoms with Gasteiger partial charge in [-0.15, -0.1) is 0 Å². The fourth-order valence-corrected chi connectivity index (χ4v) is 7.41. The lowest BCUT2D eigenvalue weighted by atomic mass is 9.68. The summed E-state index contributed by atoms with van der Waals surface area (Å²) < 4.78 is 19.0. The van der Waals surface area contributed by atoms with Gasteiger partial charge in [0.05, 0.1) is 29.3 Å². The van der Waals surface area contributed by atoms with Crippen molar-refractivity contribution in [1.82, 2.24) is 10.2 Å². The first-order valence-electron chi connectivity index (χ1n) is 13.6. The number of hydrogen-bond donors (Lipinski definition) is 0. The minimum Gasteiger partial charge on any atom is -0.454 e. The number of allylic oxidation sites excluding steroid dienone is 2. The molecule has 1 saturated heterocycles. The van der Waals surface area contributed by atoms with Crippen molar-refractivity contribution in [2.24, 2.45) is 28.6 Å². The highest BCUT2D eigenvalue weighted by Crippen LogP contribution is 2.68. The fourth-order valence-electron chi connectivity index (χ4n) is 7.41. The topological polar surface area (TPSA) is 87.6 Å². The number of Topliss-reactive ketones (excluding diaryl/α,β-unsaturated/α-hetero) is 1. The van der Waals surface area contributed by atoms with Crippen LogP contribution in [0.15, 0.2) is 53.8 Å². The first kappa shape index (κ1) is 25.4. The van der Waals surface area contributed by atoms with E-state index < -0.39 is 29.4 Å². The second-order valence-electron chi connectivity index (χ2n) is 12.7. The SMILES string of the molecule is CC(C)=CC12CCC3C(C(C=C4COC(C)(C)OC4C1OC(=O)c1cnnc4ccccc14)C2=O)C3(C)C. The molecule has 3 fully saturated rings. The summed E-state index contributed by atoms with van der Waals surface area (Å²) in [5.74, 6) is -0.863. The van der Waals surface area contributed by atoms with E-state index in [4.69, 9.17) is 14.2 Å². The van der Waals surface area contributed by atoms with E-state index in [0.717, 1.165) is 17.6 Å². The summed E-state index contributed by atoms with van der Waals surface area (Å²) in [6.07, 6.45) is 5.63. The normalized spacial score (nSPS) is 34.6. The van der Waals surface area contributed by atoms with Crippen LogP contribution in [0.4, 0.5) is 0 Å². The summed E-state index contributed by atoms with van der Waals surface area (Å²) in [5.41, 5.74) is 1.92. The molecule has 0 N–H and O–H groups in total. The summed E-state index contributed by atoms with van der Waals surface area (Å²) in [6.45, 7) is 12.6. The Morgan fingerprint density at radius 2 is 1.92 bits per heavy atom. The van der Waals surface area contributed by atoms with Crippen molar-refractivity contribution in [2.45, 2.75) is 72.4 Å². The number of aromatic nitrogens is 2. The number of benzene rings is 1. The third-order valence-electron chi connectivity index (χ3n) is 9.24. The Morgan fingerprint density at radius 3 is 2.68 bits per heavy atom. The molecule has 2 saturated carbocycles. The van der Waals surface area contributed by atoms with Gasteiger partial charge in [-0.25, -0.2) is 4.79 Å². The minimum atomic E-state index is -1.00. The molecule has 4 aliphatic rings. The van der Waals surface area contributed by atoms with E-state index in [1.165, 1.54) is 6.20 Å². The van der Waals surface area contributed by atoms with Crippen molar-refractivity contribution in [2.75, 3.05) is 6.61 Å². The number of esters is 1. The molecule has 6 atom stereocenters. The highest BCUT2D eigenvalue weighted by atomic mass is 16.7. The summed E-state index contributed by atoms with van der Waals surface area (Å²) in [5, 5.41) is 8.86. The monoisotopic (exact) mass is 516 g/mol. The highest BCUT2D eigenvalue weighted by Gasteiger charge is 2.68. The fraction of sp³-hybridized carbons (Fsp3) is 0.548. The Bertz CT molecular complexity index is 1380. The molecule has 6 unspecified atom stereocenters. The van der Waals surface area contributed by atoms with Gasteiger partial charge in [-0.1, -0.05) is 49.8 Å². The average Bonchev–Trinajstić information content (AvgIpc) is 3.47. The number of carbonyl (C=O) groups excluding carboxylic acids is 2. The first-order chi connectivity index (χ1) is 17.9. The number of rotatable bonds is 3. The molecule has 2 bridgehead atoms. The Morgan fingerprint density at radius 1 is 1.16 bits per heavy atom. The van der Waals surface area contributed by atoms with Crippen molar-refractivity contribution in [3.8, 4) is 0 Å². The molecule has 1 aromatic heterocycles. The lowest BCUT2D eigenvalue weighted by Crippen LogP contribution is -2.55. The summed E-state index contributed by atoms with van der Waals surface area (Å²) in [7, 11) is 0. The Hall–Kier alpha value is -2.90. The van der Waals surface area contributed by atoms with Crippen LogP contribution in [-0.4, -0.2) is 46.6 Å². The third kappa shape index (κ3) is 3.85. The molecule has 7 nitrogen and oxygen atoms in total. The first-order valence-corrected chi connectivity index (χ1v) is 13.6. The van der Waals surface area contributed by atoms with Gasteiger partial charge in [0.25, 0.3) is 0 Å². The minimum absolute atomic E-state index is 0.0950. The van der Waals surface area contributed by atoms with Crippen LogP contribution in [-0.2, 0) is 19.0 Å². The van der Waals surface area contributed by atoms with Crippen LogP contribution < -0.4 is 0 Å². The second kappa shape index (κ2) is 8.55. The summed E-state index contributed by atoms with van der Waals surface area (Å²) in [4.78, 5) is 28.6. The Balaban J connectivity index is 1.50. The van der Waals surface area contributed by atoms with Gasteiger partial charge in [0, 0.05) is 11.3 Å². The predicted octanol–water partition coefficient (Wildman–Crippen LogP) is 5.45. The van der Waals surface area contributed by atoms with Gasteiger partial charge in [0.2, 0.25) is 0 Å². The van der Waals surface area contributed by atoms with E-state index in [1.807, 2.05) is 58.0 Å². The lowest BCUT2D eigenvalue weighted by molar-refractivity contribution is -0.271. The van der Waals surface area contributed by atoms with Gasteiger partial charge in [-0.2, -0.15) is 10.2 Å². The second-order valence-corrected chi connectivity index (χ2v) is 12.7. The van der Waals surface area contributed by atoms with E-state index >= 15 is 0 Å². The average molecular weight is 517 g/mol. The van der Waals surface area contributed by atoms with Gasteiger partial charge in [0.15, 0.2) is 11.6 Å². The molecular formula is C31H36N2O5. The number of nitrogens with zero attached hydrogens (tertiary/aromatic N) is 2. The number of hydrogen-bond acceptors (Lipinski definition) is 7. The van der Waals surface area contributed by atoms with Crippen LogP contribution in [0.1, 0.15) is 64.7 Å². The van der Waals surface area contributed by atoms with E-state index in [-0.39, 0.29) is 23.0 Å². The van der Waals surface area contributed by atoms with Crippen LogP contribution in [0, 0.1) is 28.6 Å². The maximum Gasteiger partial charge on any atom is 0.340 e. The van der Waals surface area contributed by atoms with Crippen molar-refractivity contribution in [3.63, 3.8) is 0 Å². The maximum atomic E-state index is 14.7. The number of fused-ring (bicyclic) bond motifs is 6. The molecule has 200 valence electrons. The molecule has 1 aromatic carbocycles. The molecule has 1 aliphatic heterocycles. The lowest BCUT2D eigenvalue weighted by Gasteiger charge is -2.45. The van der Waals surface area contributed by atoms with Crippen molar-refractivity contribution in [3.05, 3.63) is 59.3 Å². The standard InChI is InChI=1S/C31H36N2O5/c1-17(2)14-31-12-11-22-24(29(22,3)4)20(26(31)34)13-18-16-36-30(5,6)38-25(18)27(31)37-28(35)21-15-32-33-23-10-8-7-9-19(21)23/h7-10,13-15,20,22,24-25,27H,11-12,16H2,1-6H3. The quantitative estimate of drug-likeness (QED) is 0.396. The number of carbonyl (C=O) groups is 2. The molecule has 6 rings (SSSR count). The molecule has 0 radical (unpaired) electrons. The van der Waals surface area contributed by atoms with Gasteiger partial charge in [0.1, 0.15) is 12.2 Å². The maximum absolute atomic E-state index is 14.7. The van der Waals surface area contributed by atoms with Crippen molar-refractivity contribution >= 4 is 22.7 Å². The third-order valence-corrected chi connectivity index (χ3v) is 9.24. The van der Waals surface area contributed by atoms with E-state index in [2.05, 4.69) is 30.1 Å². The molecule has 0 spiro atoms. The van der Waals surface area contributed by atoms with Crippen molar-refractivity contribution < 1.29 is 23.8 Å². The van der Waals surface area contributed by atoms with Crippen molar-refractivity contribution in [1.29, 1.82) is 0 Å². The molecular weight excluding hydrogens is 480 g/mol. The largest absolute Gasteiger partial charge is 0.454 e. The van der Waals surface area contributed by atoms with Crippen LogP contribution >= 0.6 is 0 Å². The molecule has 2 aromatic rings. The smallest absolute Gasteiger partial charge is 0.340 e.